The van der Waals surface area contributed by atoms with Crippen LogP contribution in [0.15, 0.2) is 65.4 Å². The average molecular weight is 586 g/mol. The Hall–Kier alpha value is -4.20. The normalized spacial score (nSPS) is 19.2. The van der Waals surface area contributed by atoms with E-state index in [1.807, 2.05) is 49.4 Å². The minimum atomic E-state index is -0.647. The first-order valence-corrected chi connectivity index (χ1v) is 14.9. The van der Waals surface area contributed by atoms with E-state index in [0.717, 1.165) is 64.5 Å². The number of aryl methyl sites for hydroxylation is 1. The highest BCUT2D eigenvalue weighted by atomic mass is 16.5. The molecule has 5 rings (SSSR count). The van der Waals surface area contributed by atoms with Crippen molar-refractivity contribution in [2.45, 2.75) is 70.8 Å². The predicted molar refractivity (Wildman–Crippen MR) is 165 cm³/mol. The molecule has 1 aliphatic heterocycles. The summed E-state index contributed by atoms with van der Waals surface area (Å²) in [5.41, 5.74) is 3.25. The summed E-state index contributed by atoms with van der Waals surface area (Å²) in [6, 6.07) is 15.9. The molecule has 1 heterocycles. The number of allylic oxidation sites excluding steroid dienone is 1. The van der Waals surface area contributed by atoms with Crippen LogP contribution < -0.4 is 14.2 Å². The summed E-state index contributed by atoms with van der Waals surface area (Å²) >= 11 is 0. The van der Waals surface area contributed by atoms with Gasteiger partial charge in [0, 0.05) is 17.4 Å². The number of esters is 2. The number of ether oxygens (including phenoxy) is 4. The fourth-order valence-electron chi connectivity index (χ4n) is 6.35. The van der Waals surface area contributed by atoms with Gasteiger partial charge in [0.25, 0.3) is 0 Å². The summed E-state index contributed by atoms with van der Waals surface area (Å²) in [6.45, 7) is 7.75. The smallest absolute Gasteiger partial charge is 0.331 e. The maximum Gasteiger partial charge on any atom is 0.331 e. The number of carbonyl (C=O) groups is 2. The number of nitroso groups, excluding NO2 is 1. The van der Waals surface area contributed by atoms with Crippen molar-refractivity contribution >= 4 is 22.7 Å². The maximum absolute atomic E-state index is 13.7. The van der Waals surface area contributed by atoms with Crippen LogP contribution in [0.5, 0.6) is 17.2 Å². The fourth-order valence-corrected chi connectivity index (χ4v) is 6.35. The van der Waals surface area contributed by atoms with Crippen molar-refractivity contribution in [3.63, 3.8) is 0 Å². The molecule has 0 amide bonds. The Balaban J connectivity index is 1.48. The molecule has 2 unspecified atom stereocenters. The molecule has 0 saturated carbocycles. The zero-order chi connectivity index (χ0) is 30.7. The molecule has 3 aromatic carbocycles. The van der Waals surface area contributed by atoms with Crippen molar-refractivity contribution in [2.24, 2.45) is 11.1 Å². The molecular weight excluding hydrogens is 546 g/mol. The zero-order valence-electron chi connectivity index (χ0n) is 25.5. The largest absolute Gasteiger partial charge is 0.497 e. The topological polar surface area (TPSA) is 100 Å². The second-order valence-electron chi connectivity index (χ2n) is 12.0. The molecule has 0 aromatic heterocycles. The summed E-state index contributed by atoms with van der Waals surface area (Å²) in [5.74, 6) is 0.531. The van der Waals surface area contributed by atoms with Gasteiger partial charge in [0.2, 0.25) is 0 Å². The van der Waals surface area contributed by atoms with Crippen LogP contribution in [-0.2, 0) is 20.7 Å². The Morgan fingerprint density at radius 1 is 1.09 bits per heavy atom. The molecular formula is C35H39NO7. The summed E-state index contributed by atoms with van der Waals surface area (Å²) in [6.07, 6.45) is 5.43. The predicted octanol–water partition coefficient (Wildman–Crippen LogP) is 7.41. The van der Waals surface area contributed by atoms with E-state index >= 15 is 0 Å². The number of benzene rings is 3. The van der Waals surface area contributed by atoms with Gasteiger partial charge in [-0.3, -0.25) is 4.79 Å². The summed E-state index contributed by atoms with van der Waals surface area (Å²) < 4.78 is 23.5. The number of nitrogens with zero attached hydrogens (tertiary/aromatic N) is 1. The van der Waals surface area contributed by atoms with E-state index in [2.05, 4.69) is 38.1 Å². The maximum atomic E-state index is 13.7. The van der Waals surface area contributed by atoms with Gasteiger partial charge in [-0.25, -0.2) is 4.79 Å². The van der Waals surface area contributed by atoms with Crippen LogP contribution in [0.2, 0.25) is 0 Å². The molecule has 3 aromatic rings. The van der Waals surface area contributed by atoms with Gasteiger partial charge >= 0.3 is 11.9 Å². The van der Waals surface area contributed by atoms with Gasteiger partial charge in [-0.15, -0.1) is 0 Å². The van der Waals surface area contributed by atoms with E-state index < -0.39 is 24.0 Å². The molecule has 2 aliphatic rings. The van der Waals surface area contributed by atoms with Crippen LogP contribution in [-0.4, -0.2) is 37.8 Å². The third-order valence-electron chi connectivity index (χ3n) is 8.67. The standard InChI is InChI=1S/C35H39NO7/c1-6-7-22-15-30(42-34(38)21(2)24-9-10-26-18-27(40-5)12-11-25(26)17-24)33-28-14-23(20-41-32(37)19-36-39)8-13-29(28)35(3,4)43-31(33)16-22/h9-12,14-18,21,28-29H,6-8,13,19-20H2,1-5H3/t21-,28?,29?/m1/s1. The van der Waals surface area contributed by atoms with Crippen LogP contribution >= 0.6 is 0 Å². The quantitative estimate of drug-likeness (QED) is 0.106. The van der Waals surface area contributed by atoms with E-state index in [-0.39, 0.29) is 24.4 Å². The number of carbonyl (C=O) groups excluding carboxylic acids is 2. The van der Waals surface area contributed by atoms with Gasteiger partial charge in [0.1, 0.15) is 29.5 Å². The van der Waals surface area contributed by atoms with Crippen LogP contribution in [0, 0.1) is 10.8 Å². The van der Waals surface area contributed by atoms with E-state index in [9.17, 15) is 14.5 Å². The Bertz CT molecular complexity index is 1570. The molecule has 0 spiro atoms. The number of methoxy groups -OCH3 is 1. The van der Waals surface area contributed by atoms with Crippen molar-refractivity contribution in [1.82, 2.24) is 0 Å². The third kappa shape index (κ3) is 6.43. The molecule has 0 bridgehead atoms. The molecule has 226 valence electrons. The zero-order valence-corrected chi connectivity index (χ0v) is 25.5. The molecule has 1 aliphatic carbocycles. The van der Waals surface area contributed by atoms with Gasteiger partial charge in [-0.1, -0.05) is 48.9 Å². The number of rotatable bonds is 10. The molecule has 0 saturated heterocycles. The molecule has 0 fully saturated rings. The lowest BCUT2D eigenvalue weighted by Gasteiger charge is -2.47. The minimum absolute atomic E-state index is 0.0993. The first-order chi connectivity index (χ1) is 20.6. The molecule has 8 nitrogen and oxygen atoms in total. The van der Waals surface area contributed by atoms with Crippen LogP contribution in [0.3, 0.4) is 0 Å². The lowest BCUT2D eigenvalue weighted by Crippen LogP contribution is -2.45. The lowest BCUT2D eigenvalue weighted by atomic mass is 9.67. The Morgan fingerprint density at radius 2 is 1.86 bits per heavy atom. The SMILES string of the molecule is CCCc1cc(OC(=O)[C@H](C)c2ccc3cc(OC)ccc3c2)c2c(c1)OC(C)(C)C1CCC(COC(=O)CN=O)=CC21. The molecule has 0 radical (unpaired) electrons. The fraction of sp³-hybridized carbons (Fsp3) is 0.429. The number of fused-ring (bicyclic) bond motifs is 4. The van der Waals surface area contributed by atoms with Crippen LogP contribution in [0.1, 0.15) is 75.5 Å². The minimum Gasteiger partial charge on any atom is -0.497 e. The van der Waals surface area contributed by atoms with Crippen LogP contribution in [0.25, 0.3) is 10.8 Å². The van der Waals surface area contributed by atoms with E-state index in [0.29, 0.717) is 11.5 Å². The van der Waals surface area contributed by atoms with Crippen molar-refractivity contribution in [1.29, 1.82) is 0 Å². The van der Waals surface area contributed by atoms with Crippen molar-refractivity contribution in [3.8, 4) is 17.2 Å². The van der Waals surface area contributed by atoms with Crippen LogP contribution in [0.4, 0.5) is 0 Å². The third-order valence-corrected chi connectivity index (χ3v) is 8.67. The van der Waals surface area contributed by atoms with Crippen molar-refractivity contribution in [3.05, 3.63) is 81.8 Å². The highest BCUT2D eigenvalue weighted by Crippen LogP contribution is 2.54. The van der Waals surface area contributed by atoms with E-state index in [4.69, 9.17) is 18.9 Å². The second-order valence-corrected chi connectivity index (χ2v) is 12.0. The Labute approximate surface area is 252 Å². The van der Waals surface area contributed by atoms with Gasteiger partial charge < -0.3 is 18.9 Å². The first kappa shape index (κ1) is 30.3. The first-order valence-electron chi connectivity index (χ1n) is 14.9. The molecule has 43 heavy (non-hydrogen) atoms. The summed E-state index contributed by atoms with van der Waals surface area (Å²) in [7, 11) is 1.64. The average Bonchev–Trinajstić information content (AvgIpc) is 2.98. The van der Waals surface area contributed by atoms with Gasteiger partial charge in [0.05, 0.1) is 13.0 Å². The summed E-state index contributed by atoms with van der Waals surface area (Å²) in [5, 5.41) is 4.67. The Morgan fingerprint density at radius 3 is 2.60 bits per heavy atom. The number of hydrogen-bond donors (Lipinski definition) is 0. The molecule has 3 atom stereocenters. The highest BCUT2D eigenvalue weighted by Gasteiger charge is 2.46. The van der Waals surface area contributed by atoms with E-state index in [1.54, 1.807) is 7.11 Å². The number of hydrogen-bond acceptors (Lipinski definition) is 8. The van der Waals surface area contributed by atoms with E-state index in [1.165, 1.54) is 0 Å². The van der Waals surface area contributed by atoms with Gasteiger partial charge in [0.15, 0.2) is 6.54 Å². The van der Waals surface area contributed by atoms with Crippen molar-refractivity contribution < 1.29 is 28.5 Å². The highest BCUT2D eigenvalue weighted by molar-refractivity contribution is 5.87. The Kier molecular flexibility index (Phi) is 8.85. The molecule has 8 heteroatoms. The second kappa shape index (κ2) is 12.6. The summed E-state index contributed by atoms with van der Waals surface area (Å²) in [4.78, 5) is 36.0. The molecule has 0 N–H and O–H groups in total. The van der Waals surface area contributed by atoms with Crippen molar-refractivity contribution in [2.75, 3.05) is 20.3 Å². The monoisotopic (exact) mass is 585 g/mol. The van der Waals surface area contributed by atoms with Gasteiger partial charge in [-0.2, -0.15) is 4.91 Å². The van der Waals surface area contributed by atoms with Gasteiger partial charge in [-0.05, 0) is 91.8 Å². The lowest BCUT2D eigenvalue weighted by molar-refractivity contribution is -0.141.